The summed E-state index contributed by atoms with van der Waals surface area (Å²) in [4.78, 5) is 40.4. The highest BCUT2D eigenvalue weighted by atomic mass is 19.1. The molecule has 8 heteroatoms. The second kappa shape index (κ2) is 8.98. The van der Waals surface area contributed by atoms with Crippen LogP contribution in [0.3, 0.4) is 0 Å². The third kappa shape index (κ3) is 4.44. The number of anilines is 3. The van der Waals surface area contributed by atoms with Crippen LogP contribution in [0, 0.1) is 24.6 Å². The minimum Gasteiger partial charge on any atom is -0.370 e. The molecule has 3 N–H and O–H groups in total. The second-order valence-corrected chi connectivity index (χ2v) is 8.53. The van der Waals surface area contributed by atoms with Crippen molar-refractivity contribution in [2.45, 2.75) is 26.2 Å². The number of nitrogens with one attached hydrogen (secondary N) is 1. The summed E-state index contributed by atoms with van der Waals surface area (Å²) in [7, 11) is 0. The first-order valence-electron chi connectivity index (χ1n) is 10.8. The molecule has 1 atom stereocenters. The van der Waals surface area contributed by atoms with E-state index in [-0.39, 0.29) is 42.3 Å². The molecule has 2 fully saturated rings. The van der Waals surface area contributed by atoms with Gasteiger partial charge in [0.25, 0.3) is 0 Å². The zero-order chi connectivity index (χ0) is 22.8. The van der Waals surface area contributed by atoms with Crippen molar-refractivity contribution in [3.05, 3.63) is 53.8 Å². The normalized spacial score (nSPS) is 19.3. The molecule has 0 radical (unpaired) electrons. The molecule has 2 aromatic carbocycles. The molecule has 0 bridgehead atoms. The molecule has 2 aliphatic rings. The fourth-order valence-corrected chi connectivity index (χ4v) is 4.44. The van der Waals surface area contributed by atoms with E-state index in [1.807, 2.05) is 24.3 Å². The number of aryl methyl sites for hydroxylation is 1. The number of hydrogen-bond donors (Lipinski definition) is 2. The van der Waals surface area contributed by atoms with Crippen molar-refractivity contribution >= 4 is 34.8 Å². The average molecular weight is 439 g/mol. The largest absolute Gasteiger partial charge is 0.370 e. The minimum atomic E-state index is -0.572. The number of piperidine rings is 1. The number of primary amides is 1. The van der Waals surface area contributed by atoms with Crippen molar-refractivity contribution < 1.29 is 18.8 Å². The Balaban J connectivity index is 1.45. The van der Waals surface area contributed by atoms with Gasteiger partial charge in [-0.15, -0.1) is 0 Å². The number of benzene rings is 2. The smallest absolute Gasteiger partial charge is 0.229 e. The molecule has 2 aliphatic heterocycles. The third-order valence-corrected chi connectivity index (χ3v) is 6.29. The topological polar surface area (TPSA) is 95.7 Å². The van der Waals surface area contributed by atoms with Crippen LogP contribution in [0.4, 0.5) is 21.5 Å². The Hall–Kier alpha value is -3.42. The van der Waals surface area contributed by atoms with Gasteiger partial charge in [-0.25, -0.2) is 4.39 Å². The van der Waals surface area contributed by atoms with Gasteiger partial charge in [-0.1, -0.05) is 18.2 Å². The maximum absolute atomic E-state index is 14.4. The third-order valence-electron chi connectivity index (χ3n) is 6.29. The van der Waals surface area contributed by atoms with Crippen LogP contribution in [0.2, 0.25) is 0 Å². The molecule has 4 rings (SSSR count). The van der Waals surface area contributed by atoms with Gasteiger partial charge >= 0.3 is 0 Å². The lowest BCUT2D eigenvalue weighted by Gasteiger charge is -2.33. The highest BCUT2D eigenvalue weighted by Gasteiger charge is 2.36. The summed E-state index contributed by atoms with van der Waals surface area (Å²) in [6, 6.07) is 12.2. The minimum absolute atomic E-state index is 0.0331. The van der Waals surface area contributed by atoms with Crippen LogP contribution in [0.5, 0.6) is 0 Å². The van der Waals surface area contributed by atoms with Crippen molar-refractivity contribution in [1.29, 1.82) is 0 Å². The summed E-state index contributed by atoms with van der Waals surface area (Å²) >= 11 is 0. The summed E-state index contributed by atoms with van der Waals surface area (Å²) in [6.07, 6.45) is 1.38. The van der Waals surface area contributed by atoms with E-state index in [9.17, 15) is 18.8 Å². The van der Waals surface area contributed by atoms with Crippen molar-refractivity contribution in [3.63, 3.8) is 0 Å². The number of nitrogens with zero attached hydrogens (tertiary/aromatic N) is 2. The number of hydrogen-bond acceptors (Lipinski definition) is 4. The van der Waals surface area contributed by atoms with Crippen LogP contribution >= 0.6 is 0 Å². The van der Waals surface area contributed by atoms with E-state index >= 15 is 0 Å². The monoisotopic (exact) mass is 438 g/mol. The zero-order valence-corrected chi connectivity index (χ0v) is 18.0. The lowest BCUT2D eigenvalue weighted by Crippen LogP contribution is -2.39. The lowest BCUT2D eigenvalue weighted by atomic mass is 9.96. The summed E-state index contributed by atoms with van der Waals surface area (Å²) in [5.41, 5.74) is 7.92. The molecule has 0 spiro atoms. The van der Waals surface area contributed by atoms with Crippen molar-refractivity contribution in [1.82, 2.24) is 0 Å². The van der Waals surface area contributed by atoms with Crippen molar-refractivity contribution in [2.75, 3.05) is 34.8 Å². The van der Waals surface area contributed by atoms with Gasteiger partial charge in [0.15, 0.2) is 0 Å². The number of carbonyl (C=O) groups is 3. The zero-order valence-electron chi connectivity index (χ0n) is 18.0. The molecule has 2 heterocycles. The molecule has 0 aromatic heterocycles. The summed E-state index contributed by atoms with van der Waals surface area (Å²) in [6.45, 7) is 3.26. The molecule has 3 amide bonds. The van der Waals surface area contributed by atoms with Crippen LogP contribution in [0.25, 0.3) is 0 Å². The molecule has 2 aromatic rings. The van der Waals surface area contributed by atoms with E-state index in [0.717, 1.165) is 11.3 Å². The predicted molar refractivity (Wildman–Crippen MR) is 121 cm³/mol. The number of rotatable bonds is 5. The predicted octanol–water partition coefficient (Wildman–Crippen LogP) is 2.83. The first-order chi connectivity index (χ1) is 15.3. The summed E-state index contributed by atoms with van der Waals surface area (Å²) in [5.74, 6) is -1.97. The van der Waals surface area contributed by atoms with Crippen LogP contribution in [0.15, 0.2) is 42.5 Å². The maximum atomic E-state index is 14.4. The first kappa shape index (κ1) is 21.8. The second-order valence-electron chi connectivity index (χ2n) is 8.53. The maximum Gasteiger partial charge on any atom is 0.229 e. The lowest BCUT2D eigenvalue weighted by molar-refractivity contribution is -0.122. The fraction of sp³-hybridized carbons (Fsp3) is 0.375. The van der Waals surface area contributed by atoms with Crippen LogP contribution in [0.1, 0.15) is 24.8 Å². The van der Waals surface area contributed by atoms with E-state index in [4.69, 9.17) is 5.73 Å². The molecule has 1 unspecified atom stereocenters. The van der Waals surface area contributed by atoms with Gasteiger partial charge in [0, 0.05) is 32.0 Å². The number of halogens is 1. The first-order valence-corrected chi connectivity index (χ1v) is 10.8. The van der Waals surface area contributed by atoms with E-state index in [1.54, 1.807) is 19.1 Å². The molecule has 32 heavy (non-hydrogen) atoms. The Morgan fingerprint density at radius 3 is 2.47 bits per heavy atom. The van der Waals surface area contributed by atoms with E-state index < -0.39 is 11.7 Å². The van der Waals surface area contributed by atoms with Gasteiger partial charge in [0.1, 0.15) is 5.82 Å². The number of para-hydroxylation sites is 2. The molecule has 168 valence electrons. The quantitative estimate of drug-likeness (QED) is 0.750. The average Bonchev–Trinajstić information content (AvgIpc) is 3.16. The Labute approximate surface area is 186 Å². The molecule has 0 aliphatic carbocycles. The van der Waals surface area contributed by atoms with Crippen LogP contribution in [-0.2, 0) is 14.4 Å². The van der Waals surface area contributed by atoms with Gasteiger partial charge in [-0.3, -0.25) is 14.4 Å². The van der Waals surface area contributed by atoms with E-state index in [0.29, 0.717) is 31.6 Å². The Bertz CT molecular complexity index is 1050. The summed E-state index contributed by atoms with van der Waals surface area (Å²) < 4.78 is 14.4. The van der Waals surface area contributed by atoms with Gasteiger partial charge in [-0.2, -0.15) is 0 Å². The summed E-state index contributed by atoms with van der Waals surface area (Å²) in [5, 5.41) is 2.96. The number of nitrogens with two attached hydrogens (primary N) is 1. The molecular formula is C24H27FN4O3. The Kier molecular flexibility index (Phi) is 6.12. The van der Waals surface area contributed by atoms with Crippen molar-refractivity contribution in [2.24, 2.45) is 17.6 Å². The standard InChI is InChI=1S/C24H27FN4O3/c1-15-6-7-20(18(25)12-15)29-14-17(13-22(29)30)24(32)27-19-4-2-3-5-21(19)28-10-8-16(9-11-28)23(26)31/h2-7,12,16-17H,8-11,13-14H2,1H3,(H2,26,31)(H,27,32). The highest BCUT2D eigenvalue weighted by molar-refractivity contribution is 6.04. The molecule has 7 nitrogen and oxygen atoms in total. The SMILES string of the molecule is Cc1ccc(N2CC(C(=O)Nc3ccccc3N3CCC(C(N)=O)CC3)CC2=O)c(F)c1. The van der Waals surface area contributed by atoms with Gasteiger partial charge < -0.3 is 20.9 Å². The van der Waals surface area contributed by atoms with Gasteiger partial charge in [-0.05, 0) is 49.6 Å². The fourth-order valence-electron chi connectivity index (χ4n) is 4.44. The van der Waals surface area contributed by atoms with E-state index in [1.165, 1.54) is 11.0 Å². The number of carbonyl (C=O) groups excluding carboxylic acids is 3. The Morgan fingerprint density at radius 2 is 1.78 bits per heavy atom. The van der Waals surface area contributed by atoms with Gasteiger partial charge in [0.05, 0.1) is 23.0 Å². The van der Waals surface area contributed by atoms with Crippen LogP contribution in [-0.4, -0.2) is 37.4 Å². The van der Waals surface area contributed by atoms with Crippen molar-refractivity contribution in [3.8, 4) is 0 Å². The number of amides is 3. The van der Waals surface area contributed by atoms with Gasteiger partial charge in [0.2, 0.25) is 17.7 Å². The van der Waals surface area contributed by atoms with Crippen LogP contribution < -0.4 is 20.9 Å². The highest BCUT2D eigenvalue weighted by Crippen LogP contribution is 2.32. The van der Waals surface area contributed by atoms with E-state index in [2.05, 4.69) is 10.2 Å². The molecule has 0 saturated carbocycles. The molecule has 2 saturated heterocycles. The molecular weight excluding hydrogens is 411 g/mol. The Morgan fingerprint density at radius 1 is 1.06 bits per heavy atom.